The fourth-order valence-electron chi connectivity index (χ4n) is 2.27. The molecule has 3 unspecified atom stereocenters. The van der Waals surface area contributed by atoms with Crippen molar-refractivity contribution in [2.45, 2.75) is 19.8 Å². The zero-order valence-electron chi connectivity index (χ0n) is 7.86. The minimum atomic E-state index is -0.461. The van der Waals surface area contributed by atoms with E-state index in [1.165, 1.54) is 12.8 Å². The number of hydrogen-bond donors (Lipinski definition) is 0. The predicted molar refractivity (Wildman–Crippen MR) is 47.6 cm³/mol. The van der Waals surface area contributed by atoms with E-state index < -0.39 is 5.92 Å². The maximum absolute atomic E-state index is 11.6. The van der Waals surface area contributed by atoms with Gasteiger partial charge in [-0.25, -0.2) is 0 Å². The van der Waals surface area contributed by atoms with E-state index in [1.54, 1.807) is 6.92 Å². The zero-order valence-corrected chi connectivity index (χ0v) is 7.86. The highest BCUT2D eigenvalue weighted by Gasteiger charge is 2.41. The first kappa shape index (κ1) is 8.55. The monoisotopic (exact) mass is 178 g/mol. The fraction of sp³-hybridized carbons (Fsp3) is 0.800. The molecule has 3 heteroatoms. The molecular weight excluding hydrogens is 164 g/mol. The van der Waals surface area contributed by atoms with Gasteiger partial charge in [-0.2, -0.15) is 5.26 Å². The highest BCUT2D eigenvalue weighted by atomic mass is 16.2. The summed E-state index contributed by atoms with van der Waals surface area (Å²) in [5, 5.41) is 8.62. The van der Waals surface area contributed by atoms with Gasteiger partial charge in [-0.3, -0.25) is 4.79 Å². The van der Waals surface area contributed by atoms with Crippen LogP contribution < -0.4 is 0 Å². The Bertz CT molecular complexity index is 257. The lowest BCUT2D eigenvalue weighted by atomic mass is 9.77. The molecule has 1 amide bonds. The van der Waals surface area contributed by atoms with Crippen molar-refractivity contribution in [2.75, 3.05) is 13.1 Å². The van der Waals surface area contributed by atoms with Crippen molar-refractivity contribution in [3.63, 3.8) is 0 Å². The first-order chi connectivity index (χ1) is 6.22. The minimum Gasteiger partial charge on any atom is -0.341 e. The Hall–Kier alpha value is -1.04. The van der Waals surface area contributed by atoms with E-state index in [1.807, 2.05) is 11.0 Å². The van der Waals surface area contributed by atoms with Crippen LogP contribution in [0.15, 0.2) is 0 Å². The quantitative estimate of drug-likeness (QED) is 0.601. The standard InChI is InChI=1S/C10H14N2O/c1-7(4-11)10(13)12-5-8-2-3-9(8)6-12/h7-9H,2-3,5-6H2,1H3. The Morgan fingerprint density at radius 2 is 2.00 bits per heavy atom. The van der Waals surface area contributed by atoms with Crippen molar-refractivity contribution in [1.82, 2.24) is 4.90 Å². The van der Waals surface area contributed by atoms with Crippen LogP contribution in [-0.4, -0.2) is 23.9 Å². The van der Waals surface area contributed by atoms with E-state index in [0.717, 1.165) is 24.9 Å². The molecule has 0 aromatic rings. The van der Waals surface area contributed by atoms with E-state index in [-0.39, 0.29) is 5.91 Å². The molecule has 3 nitrogen and oxygen atoms in total. The molecule has 2 aliphatic rings. The summed E-state index contributed by atoms with van der Waals surface area (Å²) in [6.45, 7) is 3.48. The Kier molecular flexibility index (Phi) is 1.99. The second-order valence-corrected chi connectivity index (χ2v) is 4.19. The first-order valence-corrected chi connectivity index (χ1v) is 4.90. The predicted octanol–water partition coefficient (Wildman–Crippen LogP) is 1.01. The third kappa shape index (κ3) is 1.31. The number of likely N-dealkylation sites (tertiary alicyclic amines) is 1. The zero-order chi connectivity index (χ0) is 9.42. The van der Waals surface area contributed by atoms with Crippen LogP contribution in [0.5, 0.6) is 0 Å². The van der Waals surface area contributed by atoms with E-state index in [2.05, 4.69) is 0 Å². The summed E-state index contributed by atoms with van der Waals surface area (Å²) in [4.78, 5) is 13.5. The Labute approximate surface area is 78.3 Å². The molecule has 70 valence electrons. The smallest absolute Gasteiger partial charge is 0.239 e. The van der Waals surface area contributed by atoms with Crippen LogP contribution in [0.3, 0.4) is 0 Å². The Morgan fingerprint density at radius 3 is 2.38 bits per heavy atom. The van der Waals surface area contributed by atoms with Gasteiger partial charge in [0.05, 0.1) is 6.07 Å². The molecule has 0 aromatic carbocycles. The Balaban J connectivity index is 1.96. The normalized spacial score (nSPS) is 33.1. The van der Waals surface area contributed by atoms with Gasteiger partial charge < -0.3 is 4.90 Å². The molecular formula is C10H14N2O. The number of carbonyl (C=O) groups excluding carboxylic acids is 1. The van der Waals surface area contributed by atoms with Crippen LogP contribution >= 0.6 is 0 Å². The summed E-state index contributed by atoms with van der Waals surface area (Å²) in [7, 11) is 0. The lowest BCUT2D eigenvalue weighted by molar-refractivity contribution is -0.132. The minimum absolute atomic E-state index is 0.0249. The lowest BCUT2D eigenvalue weighted by Gasteiger charge is -2.27. The van der Waals surface area contributed by atoms with Crippen molar-refractivity contribution in [2.24, 2.45) is 17.8 Å². The molecule has 1 heterocycles. The van der Waals surface area contributed by atoms with Crippen molar-refractivity contribution >= 4 is 5.91 Å². The van der Waals surface area contributed by atoms with Crippen molar-refractivity contribution in [3.05, 3.63) is 0 Å². The second-order valence-electron chi connectivity index (χ2n) is 4.19. The average Bonchev–Trinajstić information content (AvgIpc) is 2.40. The molecule has 1 saturated carbocycles. The van der Waals surface area contributed by atoms with E-state index in [0.29, 0.717) is 0 Å². The molecule has 0 bridgehead atoms. The first-order valence-electron chi connectivity index (χ1n) is 4.90. The molecule has 1 aliphatic carbocycles. The molecule has 0 N–H and O–H groups in total. The summed E-state index contributed by atoms with van der Waals surface area (Å²) in [5.74, 6) is 1.05. The maximum atomic E-state index is 11.6. The third-order valence-corrected chi connectivity index (χ3v) is 3.36. The number of fused-ring (bicyclic) bond motifs is 1. The van der Waals surface area contributed by atoms with E-state index >= 15 is 0 Å². The molecule has 1 saturated heterocycles. The van der Waals surface area contributed by atoms with Gasteiger partial charge in [0.15, 0.2) is 0 Å². The van der Waals surface area contributed by atoms with Gasteiger partial charge in [0.25, 0.3) is 0 Å². The summed E-state index contributed by atoms with van der Waals surface area (Å²) >= 11 is 0. The maximum Gasteiger partial charge on any atom is 0.239 e. The molecule has 0 radical (unpaired) electrons. The second kappa shape index (κ2) is 3.02. The average molecular weight is 178 g/mol. The highest BCUT2D eigenvalue weighted by Crippen LogP contribution is 2.40. The molecule has 0 spiro atoms. The van der Waals surface area contributed by atoms with Gasteiger partial charge in [-0.15, -0.1) is 0 Å². The van der Waals surface area contributed by atoms with Gasteiger partial charge in [-0.1, -0.05) is 0 Å². The molecule has 2 fully saturated rings. The topological polar surface area (TPSA) is 44.1 Å². The van der Waals surface area contributed by atoms with Crippen LogP contribution in [0.2, 0.25) is 0 Å². The summed E-state index contributed by atoms with van der Waals surface area (Å²) < 4.78 is 0. The van der Waals surface area contributed by atoms with E-state index in [9.17, 15) is 4.79 Å². The van der Waals surface area contributed by atoms with Crippen molar-refractivity contribution < 1.29 is 4.79 Å². The van der Waals surface area contributed by atoms with Crippen molar-refractivity contribution in [1.29, 1.82) is 5.26 Å². The van der Waals surface area contributed by atoms with Crippen LogP contribution in [-0.2, 0) is 4.79 Å². The number of hydrogen-bond acceptors (Lipinski definition) is 2. The largest absolute Gasteiger partial charge is 0.341 e. The number of carbonyl (C=O) groups is 1. The number of nitriles is 1. The van der Waals surface area contributed by atoms with Crippen LogP contribution in [0.1, 0.15) is 19.8 Å². The Morgan fingerprint density at radius 1 is 1.46 bits per heavy atom. The van der Waals surface area contributed by atoms with Crippen molar-refractivity contribution in [3.8, 4) is 6.07 Å². The summed E-state index contributed by atoms with van der Waals surface area (Å²) in [6, 6.07) is 2.00. The van der Waals surface area contributed by atoms with Gasteiger partial charge in [-0.05, 0) is 31.6 Å². The number of nitrogens with zero attached hydrogens (tertiary/aromatic N) is 2. The highest BCUT2D eigenvalue weighted by molar-refractivity contribution is 5.81. The van der Waals surface area contributed by atoms with Crippen LogP contribution in [0.4, 0.5) is 0 Å². The van der Waals surface area contributed by atoms with Gasteiger partial charge in [0.2, 0.25) is 5.91 Å². The molecule has 3 atom stereocenters. The summed E-state index contributed by atoms with van der Waals surface area (Å²) in [5.41, 5.74) is 0. The van der Waals surface area contributed by atoms with Gasteiger partial charge >= 0.3 is 0 Å². The fourth-order valence-corrected chi connectivity index (χ4v) is 2.27. The summed E-state index contributed by atoms with van der Waals surface area (Å²) in [6.07, 6.45) is 2.55. The van der Waals surface area contributed by atoms with Gasteiger partial charge in [0.1, 0.15) is 5.92 Å². The number of rotatable bonds is 1. The van der Waals surface area contributed by atoms with E-state index in [4.69, 9.17) is 5.26 Å². The third-order valence-electron chi connectivity index (χ3n) is 3.36. The number of amides is 1. The molecule has 1 aliphatic heterocycles. The molecule has 2 rings (SSSR count). The molecule has 0 aromatic heterocycles. The lowest BCUT2D eigenvalue weighted by Crippen LogP contribution is -2.32. The van der Waals surface area contributed by atoms with Gasteiger partial charge in [0, 0.05) is 13.1 Å². The molecule has 13 heavy (non-hydrogen) atoms. The van der Waals surface area contributed by atoms with Crippen LogP contribution in [0.25, 0.3) is 0 Å². The SMILES string of the molecule is CC(C#N)C(=O)N1CC2CCC2C1. The van der Waals surface area contributed by atoms with Crippen LogP contribution in [0, 0.1) is 29.1 Å².